The summed E-state index contributed by atoms with van der Waals surface area (Å²) in [5, 5.41) is 0. The molecule has 0 saturated heterocycles. The number of benzene rings is 6. The Morgan fingerprint density at radius 3 is 1.45 bits per heavy atom. The summed E-state index contributed by atoms with van der Waals surface area (Å²) in [6.07, 6.45) is 0. The summed E-state index contributed by atoms with van der Waals surface area (Å²) in [7, 11) is 8.33. The fraction of sp³-hybridized carbons (Fsp3) is 0.143. The van der Waals surface area contributed by atoms with Crippen LogP contribution in [0.2, 0.25) is 0 Å². The van der Waals surface area contributed by atoms with Crippen LogP contribution in [0.1, 0.15) is 43.0 Å². The molecular formula is C49H44N6O7. The summed E-state index contributed by atoms with van der Waals surface area (Å²) in [4.78, 5) is 60.8. The Morgan fingerprint density at radius 2 is 0.968 bits per heavy atom. The maximum absolute atomic E-state index is 12.6. The van der Waals surface area contributed by atoms with Crippen molar-refractivity contribution in [1.82, 2.24) is 0 Å². The Balaban J connectivity index is 0.000000187. The summed E-state index contributed by atoms with van der Waals surface area (Å²) in [5.41, 5.74) is 21.2. The maximum atomic E-state index is 12.6. The molecule has 2 aliphatic rings. The van der Waals surface area contributed by atoms with E-state index < -0.39 is 11.8 Å². The number of nitrogens with two attached hydrogens (primary N) is 2. The lowest BCUT2D eigenvalue weighted by atomic mass is 9.94. The number of benzodiazepines with no additional fused rings is 2. The number of carbonyl (C=O) groups is 4. The quantitative estimate of drug-likeness (QED) is 0.166. The second kappa shape index (κ2) is 18.1. The van der Waals surface area contributed by atoms with E-state index in [2.05, 4.69) is 9.98 Å². The number of nitrogens with zero attached hydrogens (tertiary/aromatic N) is 4. The van der Waals surface area contributed by atoms with Crippen molar-refractivity contribution in [2.24, 2.45) is 21.5 Å². The minimum absolute atomic E-state index is 0.000866. The first-order valence-corrected chi connectivity index (χ1v) is 19.5. The van der Waals surface area contributed by atoms with Crippen molar-refractivity contribution in [3.63, 3.8) is 0 Å². The molecule has 0 aliphatic carbocycles. The van der Waals surface area contributed by atoms with E-state index >= 15 is 0 Å². The second-order valence-electron chi connectivity index (χ2n) is 14.4. The van der Waals surface area contributed by atoms with Gasteiger partial charge in [-0.15, -0.1) is 0 Å². The molecule has 4 amide bonds. The average Bonchev–Trinajstić information content (AvgIpc) is 3.51. The van der Waals surface area contributed by atoms with E-state index in [-0.39, 0.29) is 24.9 Å². The van der Waals surface area contributed by atoms with Crippen molar-refractivity contribution in [3.8, 4) is 39.5 Å². The summed E-state index contributed by atoms with van der Waals surface area (Å²) in [5.74, 6) is 0.915. The topological polar surface area (TPSA) is 179 Å². The molecule has 13 nitrogen and oxygen atoms in total. The highest BCUT2D eigenvalue weighted by atomic mass is 16.5. The average molecular weight is 829 g/mol. The number of amides is 4. The van der Waals surface area contributed by atoms with Gasteiger partial charge in [0.25, 0.3) is 0 Å². The molecule has 2 heterocycles. The Labute approximate surface area is 358 Å². The number of carbonyl (C=O) groups excluding carboxylic acids is 4. The monoisotopic (exact) mass is 828 g/mol. The van der Waals surface area contributed by atoms with Crippen LogP contribution in [0.15, 0.2) is 137 Å². The van der Waals surface area contributed by atoms with Gasteiger partial charge in [-0.3, -0.25) is 29.2 Å². The molecule has 8 rings (SSSR count). The SMILES string of the molecule is COc1ccc(-c2ccc3c(c2)C(c2cccc(C(N)=O)c2)=NCC(=O)N3C)cc1.COc1ccc(OC)c(-c2ccc3c(c2)C(c2cccc(C(N)=O)c2)=NCC(=O)N3C)c1. The lowest BCUT2D eigenvalue weighted by Gasteiger charge is -2.20. The van der Waals surface area contributed by atoms with Crippen LogP contribution in [0.25, 0.3) is 22.3 Å². The lowest BCUT2D eigenvalue weighted by Crippen LogP contribution is -2.27. The molecule has 0 spiro atoms. The number of ether oxygens (including phenoxy) is 3. The van der Waals surface area contributed by atoms with E-state index in [4.69, 9.17) is 25.7 Å². The number of likely N-dealkylation sites (N-methyl/N-ethyl adjacent to an activating group) is 2. The van der Waals surface area contributed by atoms with Crippen molar-refractivity contribution in [1.29, 1.82) is 0 Å². The third-order valence-electron chi connectivity index (χ3n) is 10.7. The van der Waals surface area contributed by atoms with Gasteiger partial charge < -0.3 is 35.5 Å². The largest absolute Gasteiger partial charge is 0.497 e. The zero-order chi connectivity index (χ0) is 44.1. The highest BCUT2D eigenvalue weighted by Gasteiger charge is 2.26. The number of anilines is 2. The van der Waals surface area contributed by atoms with Crippen molar-refractivity contribution < 1.29 is 33.4 Å². The molecule has 13 heteroatoms. The highest BCUT2D eigenvalue weighted by molar-refractivity contribution is 6.21. The van der Waals surface area contributed by atoms with Gasteiger partial charge in [0.15, 0.2) is 0 Å². The number of hydrogen-bond donors (Lipinski definition) is 2. The Morgan fingerprint density at radius 1 is 0.500 bits per heavy atom. The molecule has 4 N–H and O–H groups in total. The van der Waals surface area contributed by atoms with Crippen molar-refractivity contribution in [2.75, 3.05) is 58.3 Å². The molecule has 0 atom stereocenters. The minimum atomic E-state index is -0.524. The summed E-state index contributed by atoms with van der Waals surface area (Å²) < 4.78 is 16.2. The van der Waals surface area contributed by atoms with E-state index in [9.17, 15) is 19.2 Å². The van der Waals surface area contributed by atoms with E-state index in [1.165, 1.54) is 0 Å². The van der Waals surface area contributed by atoms with Gasteiger partial charge in [-0.2, -0.15) is 0 Å². The molecule has 6 aromatic carbocycles. The zero-order valence-electron chi connectivity index (χ0n) is 34.8. The van der Waals surface area contributed by atoms with Gasteiger partial charge in [-0.25, -0.2) is 0 Å². The van der Waals surface area contributed by atoms with Crippen LogP contribution in [0.3, 0.4) is 0 Å². The van der Waals surface area contributed by atoms with Gasteiger partial charge in [0.1, 0.15) is 30.3 Å². The fourth-order valence-electron chi connectivity index (χ4n) is 7.28. The predicted molar refractivity (Wildman–Crippen MR) is 241 cm³/mol. The standard InChI is InChI=1S/C25H23N3O4.C24H21N3O3/c1-28-21-9-7-15(19-13-18(31-2)8-10-22(19)32-3)12-20(21)24(27-14-23(28)29)16-5-4-6-17(11-16)25(26)30;1-27-21-11-8-16(15-6-9-19(30-2)10-7-15)13-20(21)23(26-14-22(27)28)17-4-3-5-18(12-17)24(25)29/h4-13H,14H2,1-3H3,(H2,26,30);3-13H,14H2,1-2H3,(H2,25,29). The first-order valence-electron chi connectivity index (χ1n) is 19.5. The number of fused-ring (bicyclic) bond motifs is 2. The normalized spacial score (nSPS) is 13.2. The second-order valence-corrected chi connectivity index (χ2v) is 14.4. The molecule has 0 unspecified atom stereocenters. The Bertz CT molecular complexity index is 2800. The number of rotatable bonds is 9. The number of hydrogen-bond acceptors (Lipinski definition) is 9. The van der Waals surface area contributed by atoms with E-state index in [0.29, 0.717) is 39.6 Å². The molecule has 0 radical (unpaired) electrons. The van der Waals surface area contributed by atoms with Crippen molar-refractivity contribution in [3.05, 3.63) is 161 Å². The summed E-state index contributed by atoms with van der Waals surface area (Å²) in [6, 6.07) is 39.0. The highest BCUT2D eigenvalue weighted by Crippen LogP contribution is 2.37. The third kappa shape index (κ3) is 8.63. The van der Waals surface area contributed by atoms with E-state index in [0.717, 1.165) is 56.1 Å². The zero-order valence-corrected chi connectivity index (χ0v) is 34.8. The maximum Gasteiger partial charge on any atom is 0.248 e. The molecule has 2 aliphatic heterocycles. The van der Waals surface area contributed by atoms with Gasteiger partial charge in [0.05, 0.1) is 44.1 Å². The van der Waals surface area contributed by atoms with Gasteiger partial charge in [-0.1, -0.05) is 48.5 Å². The number of primary amides is 2. The molecule has 0 aromatic heterocycles. The molecule has 6 aromatic rings. The van der Waals surface area contributed by atoms with E-state index in [1.807, 2.05) is 91.0 Å². The first-order chi connectivity index (χ1) is 29.9. The van der Waals surface area contributed by atoms with Crippen LogP contribution in [-0.2, 0) is 9.59 Å². The minimum Gasteiger partial charge on any atom is -0.497 e. The van der Waals surface area contributed by atoms with Gasteiger partial charge in [-0.05, 0) is 95.6 Å². The third-order valence-corrected chi connectivity index (χ3v) is 10.7. The van der Waals surface area contributed by atoms with E-state index in [1.54, 1.807) is 81.6 Å². The smallest absolute Gasteiger partial charge is 0.248 e. The van der Waals surface area contributed by atoms with Gasteiger partial charge in [0.2, 0.25) is 23.6 Å². The van der Waals surface area contributed by atoms with Crippen molar-refractivity contribution >= 4 is 46.4 Å². The Kier molecular flexibility index (Phi) is 12.3. The molecular weight excluding hydrogens is 785 g/mol. The molecule has 0 bridgehead atoms. The molecule has 62 heavy (non-hydrogen) atoms. The number of methoxy groups -OCH3 is 3. The van der Waals surface area contributed by atoms with Crippen molar-refractivity contribution in [2.45, 2.75) is 0 Å². The first kappa shape index (κ1) is 42.1. The predicted octanol–water partition coefficient (Wildman–Crippen LogP) is 6.56. The van der Waals surface area contributed by atoms with Crippen LogP contribution in [-0.4, -0.2) is 83.6 Å². The van der Waals surface area contributed by atoms with Crippen LogP contribution in [0.4, 0.5) is 11.4 Å². The molecule has 0 saturated carbocycles. The number of aliphatic imine (C=N–C) groups is 2. The van der Waals surface area contributed by atoms with Crippen LogP contribution in [0, 0.1) is 0 Å². The summed E-state index contributed by atoms with van der Waals surface area (Å²) >= 11 is 0. The van der Waals surface area contributed by atoms with Gasteiger partial charge in [0, 0.05) is 53.0 Å². The van der Waals surface area contributed by atoms with Crippen LogP contribution < -0.4 is 35.5 Å². The Hall–Kier alpha value is -8.06. The van der Waals surface area contributed by atoms with Crippen LogP contribution >= 0.6 is 0 Å². The summed E-state index contributed by atoms with van der Waals surface area (Å²) in [6.45, 7) is 0.0261. The van der Waals surface area contributed by atoms with Crippen LogP contribution in [0.5, 0.6) is 17.2 Å². The lowest BCUT2D eigenvalue weighted by molar-refractivity contribution is -0.117. The van der Waals surface area contributed by atoms with Gasteiger partial charge >= 0.3 is 0 Å². The fourth-order valence-corrected chi connectivity index (χ4v) is 7.28. The molecule has 312 valence electrons. The molecule has 0 fully saturated rings.